The Morgan fingerprint density at radius 3 is 1.47 bits per heavy atom. The van der Waals surface area contributed by atoms with Crippen LogP contribution in [0.2, 0.25) is 0 Å². The third kappa shape index (κ3) is 14.1. The van der Waals surface area contributed by atoms with Crippen LogP contribution in [0.4, 0.5) is 0 Å². The van der Waals surface area contributed by atoms with Gasteiger partial charge in [0.05, 0.1) is 0 Å². The van der Waals surface area contributed by atoms with E-state index in [1.165, 1.54) is 6.42 Å². The molecule has 0 saturated heterocycles. The van der Waals surface area contributed by atoms with Crippen molar-refractivity contribution >= 4 is 34.8 Å². The Morgan fingerprint density at radius 2 is 1.20 bits per heavy atom. The fourth-order valence-corrected chi connectivity index (χ4v) is 1.36. The van der Waals surface area contributed by atoms with Gasteiger partial charge >= 0.3 is 0 Å². The Balaban J connectivity index is 0.000000280. The normalized spacial score (nSPS) is 10.4. The average molecular weight is 268 g/mol. The first-order chi connectivity index (χ1) is 7.06. The van der Waals surface area contributed by atoms with Crippen molar-refractivity contribution in [2.45, 2.75) is 36.4 Å². The van der Waals surface area contributed by atoms with E-state index in [1.807, 2.05) is 36.4 Å². The Labute approximate surface area is 108 Å². The van der Waals surface area contributed by atoms with E-state index in [-0.39, 0.29) is 0 Å². The molecule has 1 rings (SSSR count). The van der Waals surface area contributed by atoms with Gasteiger partial charge in [-0.25, -0.2) is 0 Å². The molecule has 0 heterocycles. The molecule has 86 valence electrons. The van der Waals surface area contributed by atoms with Gasteiger partial charge in [-0.3, -0.25) is 0 Å². The zero-order chi connectivity index (χ0) is 11.6. The summed E-state index contributed by atoms with van der Waals surface area (Å²) in [6.45, 7) is 2.12. The molecule has 0 aliphatic heterocycles. The van der Waals surface area contributed by atoms with E-state index in [1.54, 1.807) is 0 Å². The summed E-state index contributed by atoms with van der Waals surface area (Å²) in [5.74, 6) is 0. The summed E-state index contributed by atoms with van der Waals surface area (Å²) in [5.41, 5.74) is 0. The summed E-state index contributed by atoms with van der Waals surface area (Å²) in [6, 6.07) is 12.0. The molecule has 3 heteroatoms. The third-order valence-corrected chi connectivity index (χ3v) is 2.30. The lowest BCUT2D eigenvalue weighted by Crippen LogP contribution is -2.00. The van der Waals surface area contributed by atoms with Gasteiger partial charge in [-0.05, 0) is 12.8 Å². The van der Waals surface area contributed by atoms with Crippen LogP contribution in [-0.4, -0.2) is 3.79 Å². The quantitative estimate of drug-likeness (QED) is 0.492. The number of hydrogen-bond donors (Lipinski definition) is 0. The maximum Gasteiger partial charge on any atom is 0.190 e. The van der Waals surface area contributed by atoms with Crippen LogP contribution in [0.15, 0.2) is 36.4 Å². The van der Waals surface area contributed by atoms with Crippen LogP contribution in [0.1, 0.15) is 32.6 Å². The van der Waals surface area contributed by atoms with Crippen LogP contribution < -0.4 is 0 Å². The minimum absolute atomic E-state index is 0.672. The molecular formula is C12H17Cl3. The smallest absolute Gasteiger partial charge is 0.0837 e. The highest BCUT2D eigenvalue weighted by atomic mass is 35.6. The van der Waals surface area contributed by atoms with Crippen LogP contribution in [0.5, 0.6) is 0 Å². The maximum atomic E-state index is 5.50. The van der Waals surface area contributed by atoms with Crippen molar-refractivity contribution in [2.75, 3.05) is 0 Å². The zero-order valence-electron chi connectivity index (χ0n) is 8.93. The topological polar surface area (TPSA) is 0 Å². The Kier molecular flexibility index (Phi) is 9.38. The van der Waals surface area contributed by atoms with Crippen molar-refractivity contribution in [3.8, 4) is 0 Å². The first-order valence-electron chi connectivity index (χ1n) is 5.13. The molecule has 1 aromatic carbocycles. The van der Waals surface area contributed by atoms with Gasteiger partial charge < -0.3 is 0 Å². The van der Waals surface area contributed by atoms with Crippen molar-refractivity contribution in [3.63, 3.8) is 0 Å². The van der Waals surface area contributed by atoms with E-state index >= 15 is 0 Å². The highest BCUT2D eigenvalue weighted by molar-refractivity contribution is 6.67. The molecular weight excluding hydrogens is 250 g/mol. The van der Waals surface area contributed by atoms with Crippen molar-refractivity contribution in [1.82, 2.24) is 0 Å². The van der Waals surface area contributed by atoms with Gasteiger partial charge in [-0.1, -0.05) is 91.0 Å². The van der Waals surface area contributed by atoms with E-state index in [2.05, 4.69) is 6.92 Å². The Bertz CT molecular complexity index is 189. The van der Waals surface area contributed by atoms with E-state index in [0.717, 1.165) is 12.8 Å². The second-order valence-electron chi connectivity index (χ2n) is 3.23. The minimum atomic E-state index is -1.03. The number of hydrogen-bond acceptors (Lipinski definition) is 0. The van der Waals surface area contributed by atoms with Crippen LogP contribution in [0, 0.1) is 0 Å². The molecule has 0 atom stereocenters. The van der Waals surface area contributed by atoms with Gasteiger partial charge in [-0.15, -0.1) is 0 Å². The number of halogens is 3. The van der Waals surface area contributed by atoms with Gasteiger partial charge in [0, 0.05) is 0 Å². The van der Waals surface area contributed by atoms with Crippen molar-refractivity contribution in [1.29, 1.82) is 0 Å². The van der Waals surface area contributed by atoms with Crippen molar-refractivity contribution < 1.29 is 0 Å². The van der Waals surface area contributed by atoms with E-state index in [4.69, 9.17) is 34.8 Å². The van der Waals surface area contributed by atoms with Crippen LogP contribution in [0.25, 0.3) is 0 Å². The lowest BCUT2D eigenvalue weighted by molar-refractivity contribution is 0.677. The molecule has 0 fully saturated rings. The molecule has 0 saturated carbocycles. The van der Waals surface area contributed by atoms with Gasteiger partial charge in [0.2, 0.25) is 0 Å². The number of benzene rings is 1. The van der Waals surface area contributed by atoms with Gasteiger partial charge in [0.1, 0.15) is 0 Å². The van der Waals surface area contributed by atoms with Crippen LogP contribution in [0.3, 0.4) is 0 Å². The minimum Gasteiger partial charge on any atom is -0.0837 e. The first-order valence-corrected chi connectivity index (χ1v) is 6.26. The summed E-state index contributed by atoms with van der Waals surface area (Å²) in [4.78, 5) is 0. The summed E-state index contributed by atoms with van der Waals surface area (Å²) < 4.78 is -1.03. The predicted molar refractivity (Wildman–Crippen MR) is 70.9 cm³/mol. The molecule has 0 unspecified atom stereocenters. The number of alkyl halides is 3. The lowest BCUT2D eigenvalue weighted by atomic mass is 10.2. The molecule has 1 aromatic rings. The number of rotatable bonds is 3. The maximum absolute atomic E-state index is 5.50. The molecule has 0 amide bonds. The average Bonchev–Trinajstić information content (AvgIpc) is 2.20. The van der Waals surface area contributed by atoms with Gasteiger partial charge in [0.25, 0.3) is 0 Å². The largest absolute Gasteiger partial charge is 0.190 e. The van der Waals surface area contributed by atoms with Gasteiger partial charge in [0.15, 0.2) is 3.79 Å². The molecule has 0 bridgehead atoms. The summed E-state index contributed by atoms with van der Waals surface area (Å²) in [5, 5.41) is 0. The Morgan fingerprint density at radius 1 is 0.800 bits per heavy atom. The molecule has 0 N–H and O–H groups in total. The molecule has 0 radical (unpaired) electrons. The molecule has 0 aromatic heterocycles. The standard InChI is InChI=1S/C6H11Cl3.C6H6/c1-2-3-4-5-6(7,8)9;1-2-4-6-5-3-1/h2-5H2,1H3;1-6H. The molecule has 0 spiro atoms. The predicted octanol–water partition coefficient (Wildman–Crippen LogP) is 5.62. The highest BCUT2D eigenvalue weighted by Crippen LogP contribution is 2.31. The summed E-state index contributed by atoms with van der Waals surface area (Å²) >= 11 is 16.5. The lowest BCUT2D eigenvalue weighted by Gasteiger charge is -2.08. The second-order valence-corrected chi connectivity index (χ2v) is 5.74. The second kappa shape index (κ2) is 9.33. The third-order valence-electron chi connectivity index (χ3n) is 1.73. The summed E-state index contributed by atoms with van der Waals surface area (Å²) in [7, 11) is 0. The zero-order valence-corrected chi connectivity index (χ0v) is 11.2. The molecule has 0 nitrogen and oxygen atoms in total. The molecule has 0 aliphatic carbocycles. The van der Waals surface area contributed by atoms with Crippen molar-refractivity contribution in [2.24, 2.45) is 0 Å². The fraction of sp³-hybridized carbons (Fsp3) is 0.500. The molecule has 15 heavy (non-hydrogen) atoms. The van der Waals surface area contributed by atoms with E-state index in [0.29, 0.717) is 6.42 Å². The monoisotopic (exact) mass is 266 g/mol. The highest BCUT2D eigenvalue weighted by Gasteiger charge is 2.17. The number of unbranched alkanes of at least 4 members (excludes halogenated alkanes) is 2. The summed E-state index contributed by atoms with van der Waals surface area (Å²) in [6.07, 6.45) is 3.99. The van der Waals surface area contributed by atoms with Crippen LogP contribution >= 0.6 is 34.8 Å². The molecule has 0 aliphatic rings. The SMILES string of the molecule is CCCCCC(Cl)(Cl)Cl.c1ccccc1. The van der Waals surface area contributed by atoms with Crippen molar-refractivity contribution in [3.05, 3.63) is 36.4 Å². The Hall–Kier alpha value is 0.0900. The first kappa shape index (κ1) is 15.1. The fourth-order valence-electron chi connectivity index (χ4n) is 0.960. The van der Waals surface area contributed by atoms with E-state index in [9.17, 15) is 0 Å². The van der Waals surface area contributed by atoms with Crippen LogP contribution in [-0.2, 0) is 0 Å². The van der Waals surface area contributed by atoms with E-state index < -0.39 is 3.79 Å². The van der Waals surface area contributed by atoms with Gasteiger partial charge in [-0.2, -0.15) is 0 Å².